The monoisotopic (exact) mass is 244 g/mol. The van der Waals surface area contributed by atoms with E-state index in [1.807, 2.05) is 13.8 Å². The van der Waals surface area contributed by atoms with Gasteiger partial charge >= 0.3 is 6.18 Å². The molecule has 1 aliphatic rings. The summed E-state index contributed by atoms with van der Waals surface area (Å²) in [6, 6.07) is 2.26. The average Bonchev–Trinajstić information content (AvgIpc) is 2.13. The number of halogens is 3. The fraction of sp³-hybridized carbons (Fsp3) is 0.583. The van der Waals surface area contributed by atoms with Gasteiger partial charge in [0.1, 0.15) is 5.69 Å². The first-order chi connectivity index (χ1) is 7.69. The van der Waals surface area contributed by atoms with Gasteiger partial charge in [0.15, 0.2) is 0 Å². The summed E-state index contributed by atoms with van der Waals surface area (Å²) >= 11 is 0. The van der Waals surface area contributed by atoms with Crippen LogP contribution in [0, 0.1) is 5.41 Å². The molecule has 1 heterocycles. The van der Waals surface area contributed by atoms with Gasteiger partial charge in [-0.15, -0.1) is 0 Å². The maximum Gasteiger partial charge on any atom is 0.433 e. The van der Waals surface area contributed by atoms with E-state index in [0.717, 1.165) is 18.1 Å². The summed E-state index contributed by atoms with van der Waals surface area (Å²) in [7, 11) is 0. The van der Waals surface area contributed by atoms with Crippen molar-refractivity contribution in [2.75, 3.05) is 0 Å². The third kappa shape index (κ3) is 2.44. The highest BCUT2D eigenvalue weighted by Gasteiger charge is 2.36. The first-order valence-corrected chi connectivity index (χ1v) is 5.52. The molecular formula is C12H15F3N2. The van der Waals surface area contributed by atoms with E-state index in [9.17, 15) is 13.2 Å². The molecule has 0 aromatic carbocycles. The van der Waals surface area contributed by atoms with Crippen molar-refractivity contribution in [1.29, 1.82) is 0 Å². The number of rotatable bonds is 0. The van der Waals surface area contributed by atoms with Crippen LogP contribution in [0.1, 0.15) is 43.3 Å². The highest BCUT2D eigenvalue weighted by Crippen LogP contribution is 2.40. The third-order valence-corrected chi connectivity index (χ3v) is 3.12. The van der Waals surface area contributed by atoms with E-state index in [1.54, 1.807) is 0 Å². The largest absolute Gasteiger partial charge is 0.433 e. The zero-order valence-electron chi connectivity index (χ0n) is 9.80. The van der Waals surface area contributed by atoms with Crippen LogP contribution in [0.5, 0.6) is 0 Å². The Kier molecular flexibility index (Phi) is 2.69. The number of nitrogens with two attached hydrogens (primary N) is 1. The van der Waals surface area contributed by atoms with Gasteiger partial charge in [0.2, 0.25) is 0 Å². The molecule has 94 valence electrons. The highest BCUT2D eigenvalue weighted by atomic mass is 19.4. The standard InChI is InChI=1S/C12H15F3N2/c1-11(2)5-8(16)7-3-4-10(12(13,14)15)17-9(7)6-11/h3-4,8H,5-6,16H2,1-2H3. The maximum atomic E-state index is 12.6. The van der Waals surface area contributed by atoms with Crippen molar-refractivity contribution < 1.29 is 13.2 Å². The lowest BCUT2D eigenvalue weighted by atomic mass is 9.74. The Morgan fingerprint density at radius 1 is 1.35 bits per heavy atom. The second kappa shape index (κ2) is 3.70. The van der Waals surface area contributed by atoms with Gasteiger partial charge in [-0.3, -0.25) is 0 Å². The number of hydrogen-bond acceptors (Lipinski definition) is 2. The minimum atomic E-state index is -4.39. The van der Waals surface area contributed by atoms with Crippen molar-refractivity contribution in [3.05, 3.63) is 29.1 Å². The van der Waals surface area contributed by atoms with Gasteiger partial charge in [0.05, 0.1) is 0 Å². The zero-order valence-corrected chi connectivity index (χ0v) is 9.80. The van der Waals surface area contributed by atoms with Crippen molar-refractivity contribution in [3.63, 3.8) is 0 Å². The molecule has 1 aromatic heterocycles. The van der Waals surface area contributed by atoms with Crippen LogP contribution in [0.4, 0.5) is 13.2 Å². The lowest BCUT2D eigenvalue weighted by Crippen LogP contribution is -2.31. The second-order valence-corrected chi connectivity index (χ2v) is 5.38. The molecule has 0 saturated heterocycles. The minimum Gasteiger partial charge on any atom is -0.324 e. The fourth-order valence-corrected chi connectivity index (χ4v) is 2.38. The van der Waals surface area contributed by atoms with Crippen molar-refractivity contribution in [2.45, 2.75) is 38.9 Å². The molecule has 0 bridgehead atoms. The zero-order chi connectivity index (χ0) is 12.8. The van der Waals surface area contributed by atoms with Crippen LogP contribution < -0.4 is 5.73 Å². The number of hydrogen-bond donors (Lipinski definition) is 1. The number of fused-ring (bicyclic) bond motifs is 1. The Morgan fingerprint density at radius 3 is 2.59 bits per heavy atom. The van der Waals surface area contributed by atoms with Crippen LogP contribution in [-0.4, -0.2) is 4.98 Å². The van der Waals surface area contributed by atoms with Gasteiger partial charge in [-0.25, -0.2) is 4.98 Å². The molecule has 0 fully saturated rings. The van der Waals surface area contributed by atoms with E-state index in [2.05, 4.69) is 4.98 Å². The summed E-state index contributed by atoms with van der Waals surface area (Å²) in [5.74, 6) is 0. The molecule has 0 saturated carbocycles. The molecule has 2 N–H and O–H groups in total. The van der Waals surface area contributed by atoms with Crippen LogP contribution in [-0.2, 0) is 12.6 Å². The topological polar surface area (TPSA) is 38.9 Å². The van der Waals surface area contributed by atoms with Crippen molar-refractivity contribution in [1.82, 2.24) is 4.98 Å². The van der Waals surface area contributed by atoms with E-state index in [-0.39, 0.29) is 11.5 Å². The summed E-state index contributed by atoms with van der Waals surface area (Å²) < 4.78 is 37.7. The number of aromatic nitrogens is 1. The lowest BCUT2D eigenvalue weighted by molar-refractivity contribution is -0.141. The molecule has 1 aromatic rings. The predicted molar refractivity (Wildman–Crippen MR) is 58.3 cm³/mol. The molecule has 5 heteroatoms. The molecule has 17 heavy (non-hydrogen) atoms. The van der Waals surface area contributed by atoms with E-state index < -0.39 is 11.9 Å². The molecule has 0 amide bonds. The van der Waals surface area contributed by atoms with E-state index in [4.69, 9.17) is 5.73 Å². The van der Waals surface area contributed by atoms with Gasteiger partial charge < -0.3 is 5.73 Å². The van der Waals surface area contributed by atoms with E-state index in [0.29, 0.717) is 12.1 Å². The Hall–Kier alpha value is -1.10. The maximum absolute atomic E-state index is 12.6. The summed E-state index contributed by atoms with van der Waals surface area (Å²) in [6.07, 6.45) is -3.08. The van der Waals surface area contributed by atoms with E-state index >= 15 is 0 Å². The Balaban J connectivity index is 2.45. The molecule has 1 unspecified atom stereocenters. The number of nitrogens with zero attached hydrogens (tertiary/aromatic N) is 1. The van der Waals surface area contributed by atoms with Gasteiger partial charge in [-0.2, -0.15) is 13.2 Å². The smallest absolute Gasteiger partial charge is 0.324 e. The van der Waals surface area contributed by atoms with Gasteiger partial charge in [-0.05, 0) is 29.9 Å². The van der Waals surface area contributed by atoms with Gasteiger partial charge in [0, 0.05) is 11.7 Å². The fourth-order valence-electron chi connectivity index (χ4n) is 2.38. The van der Waals surface area contributed by atoms with Gasteiger partial charge in [0.25, 0.3) is 0 Å². The Labute approximate surface area is 98.0 Å². The van der Waals surface area contributed by atoms with Crippen molar-refractivity contribution >= 4 is 0 Å². The summed E-state index contributed by atoms with van der Waals surface area (Å²) in [6.45, 7) is 4.00. The normalized spacial score (nSPS) is 23.3. The van der Waals surface area contributed by atoms with Gasteiger partial charge in [-0.1, -0.05) is 19.9 Å². The molecule has 2 nitrogen and oxygen atoms in total. The number of alkyl halides is 3. The van der Waals surface area contributed by atoms with Crippen LogP contribution in [0.2, 0.25) is 0 Å². The second-order valence-electron chi connectivity index (χ2n) is 5.38. The van der Waals surface area contributed by atoms with Crippen LogP contribution in [0.25, 0.3) is 0 Å². The molecular weight excluding hydrogens is 229 g/mol. The van der Waals surface area contributed by atoms with E-state index in [1.165, 1.54) is 6.07 Å². The Bertz CT molecular complexity index is 438. The summed E-state index contributed by atoms with van der Waals surface area (Å²) in [5, 5.41) is 0. The first-order valence-electron chi connectivity index (χ1n) is 5.52. The summed E-state index contributed by atoms with van der Waals surface area (Å²) in [4.78, 5) is 3.73. The highest BCUT2D eigenvalue weighted by molar-refractivity contribution is 5.30. The molecule has 0 aliphatic heterocycles. The van der Waals surface area contributed by atoms with Crippen LogP contribution >= 0.6 is 0 Å². The van der Waals surface area contributed by atoms with Crippen molar-refractivity contribution in [3.8, 4) is 0 Å². The predicted octanol–water partition coefficient (Wildman–Crippen LogP) is 3.07. The lowest BCUT2D eigenvalue weighted by Gasteiger charge is -2.34. The average molecular weight is 244 g/mol. The molecule has 1 atom stereocenters. The first kappa shape index (κ1) is 12.4. The minimum absolute atomic E-state index is 0.0936. The Morgan fingerprint density at radius 2 is 2.00 bits per heavy atom. The SMILES string of the molecule is CC1(C)Cc2nc(C(F)(F)F)ccc2C(N)C1. The van der Waals surface area contributed by atoms with Crippen molar-refractivity contribution in [2.24, 2.45) is 11.1 Å². The molecule has 0 spiro atoms. The molecule has 1 aliphatic carbocycles. The van der Waals surface area contributed by atoms with Crippen LogP contribution in [0.15, 0.2) is 12.1 Å². The van der Waals surface area contributed by atoms with Crippen LogP contribution in [0.3, 0.4) is 0 Å². The molecule has 0 radical (unpaired) electrons. The molecule has 2 rings (SSSR count). The quantitative estimate of drug-likeness (QED) is 0.761. The number of pyridine rings is 1. The summed E-state index contributed by atoms with van der Waals surface area (Å²) in [5.41, 5.74) is 6.27. The third-order valence-electron chi connectivity index (χ3n) is 3.12.